The van der Waals surface area contributed by atoms with E-state index in [0.717, 1.165) is 50.7 Å². The first-order valence-corrected chi connectivity index (χ1v) is 7.48. The molecule has 0 fully saturated rings. The number of hydrogen-bond donors (Lipinski definition) is 1. The Morgan fingerprint density at radius 2 is 1.74 bits per heavy atom. The molecule has 1 heterocycles. The lowest BCUT2D eigenvalue weighted by Gasteiger charge is -2.18. The van der Waals surface area contributed by atoms with E-state index in [1.165, 1.54) is 11.3 Å². The summed E-state index contributed by atoms with van der Waals surface area (Å²) in [4.78, 5) is 11.8. The van der Waals surface area contributed by atoms with Gasteiger partial charge in [-0.25, -0.2) is 9.97 Å². The Kier molecular flexibility index (Phi) is 6.78. The van der Waals surface area contributed by atoms with Crippen LogP contribution in [0.5, 0.6) is 0 Å². The van der Waals surface area contributed by atoms with E-state index in [1.807, 2.05) is 0 Å². The fourth-order valence-electron chi connectivity index (χ4n) is 2.21. The van der Waals surface area contributed by atoms with Crippen molar-refractivity contribution in [1.29, 1.82) is 0 Å². The van der Waals surface area contributed by atoms with E-state index >= 15 is 0 Å². The number of likely N-dealkylation sites (N-methyl/N-ethyl adjacent to an activating group) is 1. The highest BCUT2D eigenvalue weighted by molar-refractivity contribution is 5.45. The fourth-order valence-corrected chi connectivity index (χ4v) is 2.21. The van der Waals surface area contributed by atoms with Gasteiger partial charge in [-0.05, 0) is 33.4 Å². The van der Waals surface area contributed by atoms with Crippen molar-refractivity contribution in [1.82, 2.24) is 14.9 Å². The van der Waals surface area contributed by atoms with Gasteiger partial charge in [-0.3, -0.25) is 0 Å². The molecular formula is C15H28N4. The van der Waals surface area contributed by atoms with E-state index in [1.54, 1.807) is 0 Å². The molecule has 0 aromatic carbocycles. The summed E-state index contributed by atoms with van der Waals surface area (Å²) in [5.74, 6) is 1.97. The molecule has 0 amide bonds. The minimum absolute atomic E-state index is 0.899. The van der Waals surface area contributed by atoms with Gasteiger partial charge in [-0.15, -0.1) is 0 Å². The summed E-state index contributed by atoms with van der Waals surface area (Å²) in [5.41, 5.74) is 2.36. The van der Waals surface area contributed by atoms with Gasteiger partial charge in [-0.1, -0.05) is 20.8 Å². The second-order valence-corrected chi connectivity index (χ2v) is 4.72. The zero-order valence-corrected chi connectivity index (χ0v) is 13.1. The minimum Gasteiger partial charge on any atom is -0.370 e. The quantitative estimate of drug-likeness (QED) is 0.784. The van der Waals surface area contributed by atoms with Crippen LogP contribution >= 0.6 is 0 Å². The molecule has 0 spiro atoms. The lowest BCUT2D eigenvalue weighted by molar-refractivity contribution is 0.305. The third-order valence-corrected chi connectivity index (χ3v) is 3.52. The molecule has 4 heteroatoms. The van der Waals surface area contributed by atoms with E-state index in [4.69, 9.17) is 4.98 Å². The highest BCUT2D eigenvalue weighted by Crippen LogP contribution is 2.16. The molecule has 0 atom stereocenters. The minimum atomic E-state index is 0.899. The van der Waals surface area contributed by atoms with E-state index < -0.39 is 0 Å². The molecule has 0 saturated carbocycles. The molecule has 0 aliphatic rings. The van der Waals surface area contributed by atoms with Crippen LogP contribution in [0, 0.1) is 6.92 Å². The molecule has 0 unspecified atom stereocenters. The molecule has 1 rings (SSSR count). The standard InChI is InChI=1S/C15H28N4/c1-6-13-12(5)15(16-7-2)18-14(17-13)10-11-19(8-3)9-4/h6-11H2,1-5H3,(H,16,17,18). The lowest BCUT2D eigenvalue weighted by Crippen LogP contribution is -2.26. The van der Waals surface area contributed by atoms with Crippen LogP contribution in [0.2, 0.25) is 0 Å². The van der Waals surface area contributed by atoms with E-state index in [-0.39, 0.29) is 0 Å². The molecule has 0 aliphatic heterocycles. The molecule has 0 aliphatic carbocycles. The Morgan fingerprint density at radius 3 is 2.26 bits per heavy atom. The molecule has 4 nitrogen and oxygen atoms in total. The van der Waals surface area contributed by atoms with Gasteiger partial charge < -0.3 is 10.2 Å². The average Bonchev–Trinajstić information content (AvgIpc) is 2.43. The third-order valence-electron chi connectivity index (χ3n) is 3.52. The summed E-state index contributed by atoms with van der Waals surface area (Å²) >= 11 is 0. The van der Waals surface area contributed by atoms with E-state index in [0.29, 0.717) is 0 Å². The molecule has 1 aromatic rings. The van der Waals surface area contributed by atoms with Crippen LogP contribution in [-0.2, 0) is 12.8 Å². The summed E-state index contributed by atoms with van der Waals surface area (Å²) in [7, 11) is 0. The van der Waals surface area contributed by atoms with Crippen LogP contribution in [0.1, 0.15) is 44.8 Å². The van der Waals surface area contributed by atoms with Gasteiger partial charge in [-0.2, -0.15) is 0 Å². The summed E-state index contributed by atoms with van der Waals surface area (Å²) < 4.78 is 0. The first kappa shape index (κ1) is 15.9. The lowest BCUT2D eigenvalue weighted by atomic mass is 10.2. The molecule has 1 N–H and O–H groups in total. The molecule has 19 heavy (non-hydrogen) atoms. The number of hydrogen-bond acceptors (Lipinski definition) is 4. The highest BCUT2D eigenvalue weighted by atomic mass is 15.1. The summed E-state index contributed by atoms with van der Waals surface area (Å²) in [6.45, 7) is 14.8. The van der Waals surface area contributed by atoms with Crippen molar-refractivity contribution in [3.63, 3.8) is 0 Å². The number of nitrogens with one attached hydrogen (secondary N) is 1. The molecule has 0 radical (unpaired) electrons. The van der Waals surface area contributed by atoms with Gasteiger partial charge in [0.05, 0.1) is 0 Å². The summed E-state index contributed by atoms with van der Waals surface area (Å²) in [6, 6.07) is 0. The molecule has 0 saturated heterocycles. The topological polar surface area (TPSA) is 41.1 Å². The van der Waals surface area contributed by atoms with E-state index in [9.17, 15) is 0 Å². The fraction of sp³-hybridized carbons (Fsp3) is 0.733. The Morgan fingerprint density at radius 1 is 1.05 bits per heavy atom. The smallest absolute Gasteiger partial charge is 0.132 e. The number of anilines is 1. The monoisotopic (exact) mass is 264 g/mol. The van der Waals surface area contributed by atoms with Crippen molar-refractivity contribution in [3.8, 4) is 0 Å². The Labute approximate surface area is 117 Å². The first-order valence-electron chi connectivity index (χ1n) is 7.48. The first-order chi connectivity index (χ1) is 9.15. The van der Waals surface area contributed by atoms with Crippen LogP contribution in [0.3, 0.4) is 0 Å². The maximum Gasteiger partial charge on any atom is 0.132 e. The van der Waals surface area contributed by atoms with Crippen molar-refractivity contribution in [2.75, 3.05) is 31.5 Å². The normalized spacial score (nSPS) is 11.1. The van der Waals surface area contributed by atoms with Crippen LogP contribution < -0.4 is 5.32 Å². The van der Waals surface area contributed by atoms with Gasteiger partial charge in [0, 0.05) is 30.8 Å². The van der Waals surface area contributed by atoms with Crippen molar-refractivity contribution in [2.45, 2.75) is 47.5 Å². The maximum atomic E-state index is 4.70. The zero-order chi connectivity index (χ0) is 14.3. The number of aryl methyl sites for hydroxylation is 1. The van der Waals surface area contributed by atoms with Crippen molar-refractivity contribution >= 4 is 5.82 Å². The second-order valence-electron chi connectivity index (χ2n) is 4.72. The van der Waals surface area contributed by atoms with Gasteiger partial charge in [0.1, 0.15) is 11.6 Å². The Balaban J connectivity index is 2.85. The maximum absolute atomic E-state index is 4.70. The van der Waals surface area contributed by atoms with Gasteiger partial charge >= 0.3 is 0 Å². The molecule has 108 valence electrons. The predicted octanol–water partition coefficient (Wildman–Crippen LogP) is 2.66. The number of nitrogens with zero attached hydrogens (tertiary/aromatic N) is 3. The summed E-state index contributed by atoms with van der Waals surface area (Å²) in [5, 5.41) is 3.34. The second kappa shape index (κ2) is 8.10. The van der Waals surface area contributed by atoms with Gasteiger partial charge in [0.15, 0.2) is 0 Å². The van der Waals surface area contributed by atoms with Crippen molar-refractivity contribution in [3.05, 3.63) is 17.1 Å². The Bertz CT molecular complexity index is 386. The van der Waals surface area contributed by atoms with Crippen LogP contribution in [0.15, 0.2) is 0 Å². The SMILES string of the molecule is CCNc1nc(CCN(CC)CC)nc(CC)c1C. The van der Waals surface area contributed by atoms with Crippen LogP contribution in [0.25, 0.3) is 0 Å². The third kappa shape index (κ3) is 4.46. The highest BCUT2D eigenvalue weighted by Gasteiger charge is 2.10. The number of rotatable bonds is 8. The molecular weight excluding hydrogens is 236 g/mol. The Hall–Kier alpha value is -1.16. The van der Waals surface area contributed by atoms with Gasteiger partial charge in [0.2, 0.25) is 0 Å². The van der Waals surface area contributed by atoms with Crippen molar-refractivity contribution in [2.24, 2.45) is 0 Å². The predicted molar refractivity (Wildman–Crippen MR) is 81.8 cm³/mol. The largest absolute Gasteiger partial charge is 0.370 e. The molecule has 0 bridgehead atoms. The summed E-state index contributed by atoms with van der Waals surface area (Å²) in [6.07, 6.45) is 1.89. The van der Waals surface area contributed by atoms with E-state index in [2.05, 4.69) is 49.8 Å². The van der Waals surface area contributed by atoms with Crippen LogP contribution in [0.4, 0.5) is 5.82 Å². The van der Waals surface area contributed by atoms with Gasteiger partial charge in [0.25, 0.3) is 0 Å². The molecule has 1 aromatic heterocycles. The zero-order valence-electron chi connectivity index (χ0n) is 13.1. The number of aromatic nitrogens is 2. The average molecular weight is 264 g/mol. The van der Waals surface area contributed by atoms with Crippen LogP contribution in [-0.4, -0.2) is 41.0 Å². The van der Waals surface area contributed by atoms with Crippen molar-refractivity contribution < 1.29 is 0 Å².